The number of nitrogens with zero attached hydrogens (tertiary/aromatic N) is 5. The average Bonchev–Trinajstić information content (AvgIpc) is 3.31. The lowest BCUT2D eigenvalue weighted by atomic mass is 9.79. The van der Waals surface area contributed by atoms with Gasteiger partial charge in [0, 0.05) is 11.7 Å². The molecule has 4 rings (SSSR count). The van der Waals surface area contributed by atoms with Crippen LogP contribution in [0.2, 0.25) is 0 Å². The molecule has 1 fully saturated rings. The summed E-state index contributed by atoms with van der Waals surface area (Å²) in [7, 11) is 1.04. The standard InChI is InChI=1S/C22H28BN5O3/c1-7-18(15-11-9-8-10-12-15)28-26-19(25-27-28)17-13-16(14-24-20(17)29-6)23-30-21(2,3)22(4,5)31-23/h8-14,18H,7H2,1-6H3. The van der Waals surface area contributed by atoms with E-state index < -0.39 is 18.3 Å². The molecule has 0 spiro atoms. The van der Waals surface area contributed by atoms with Crippen molar-refractivity contribution in [3.8, 4) is 17.3 Å². The molecule has 0 saturated carbocycles. The molecule has 0 aliphatic carbocycles. The molecule has 1 unspecified atom stereocenters. The largest absolute Gasteiger partial charge is 0.496 e. The fourth-order valence-corrected chi connectivity index (χ4v) is 3.57. The van der Waals surface area contributed by atoms with Crippen molar-refractivity contribution in [1.29, 1.82) is 0 Å². The maximum absolute atomic E-state index is 6.17. The molecule has 1 aliphatic rings. The van der Waals surface area contributed by atoms with Crippen molar-refractivity contribution in [2.24, 2.45) is 0 Å². The monoisotopic (exact) mass is 421 g/mol. The van der Waals surface area contributed by atoms with Gasteiger partial charge in [-0.1, -0.05) is 37.3 Å². The van der Waals surface area contributed by atoms with Crippen molar-refractivity contribution < 1.29 is 14.0 Å². The Morgan fingerprint density at radius 1 is 1.10 bits per heavy atom. The van der Waals surface area contributed by atoms with Gasteiger partial charge in [0.15, 0.2) is 0 Å². The Morgan fingerprint density at radius 3 is 2.39 bits per heavy atom. The maximum atomic E-state index is 6.17. The van der Waals surface area contributed by atoms with Gasteiger partial charge in [-0.25, -0.2) is 4.98 Å². The number of ether oxygens (including phenoxy) is 1. The van der Waals surface area contributed by atoms with Crippen LogP contribution >= 0.6 is 0 Å². The van der Waals surface area contributed by atoms with Gasteiger partial charge in [-0.05, 0) is 51.0 Å². The van der Waals surface area contributed by atoms with Gasteiger partial charge in [0.05, 0.1) is 29.9 Å². The lowest BCUT2D eigenvalue weighted by Crippen LogP contribution is -2.41. The topological polar surface area (TPSA) is 84.2 Å². The third-order valence-corrected chi connectivity index (χ3v) is 6.11. The van der Waals surface area contributed by atoms with Crippen molar-refractivity contribution in [2.45, 2.75) is 58.3 Å². The molecular formula is C22H28BN5O3. The highest BCUT2D eigenvalue weighted by Crippen LogP contribution is 2.37. The van der Waals surface area contributed by atoms with Gasteiger partial charge in [0.2, 0.25) is 11.7 Å². The van der Waals surface area contributed by atoms with Crippen LogP contribution in [0, 0.1) is 0 Å². The minimum absolute atomic E-state index is 0.00677. The molecule has 0 N–H and O–H groups in total. The van der Waals surface area contributed by atoms with Gasteiger partial charge in [-0.3, -0.25) is 0 Å². The SMILES string of the molecule is CCC(c1ccccc1)n1nnc(-c2cc(B3OC(C)(C)C(C)(C)O3)cnc2OC)n1. The van der Waals surface area contributed by atoms with E-state index in [2.05, 4.69) is 39.5 Å². The number of hydrogen-bond acceptors (Lipinski definition) is 7. The van der Waals surface area contributed by atoms with Crippen LogP contribution in [-0.2, 0) is 9.31 Å². The van der Waals surface area contributed by atoms with E-state index in [1.165, 1.54) is 0 Å². The predicted molar refractivity (Wildman–Crippen MR) is 118 cm³/mol. The molecular weight excluding hydrogens is 393 g/mol. The van der Waals surface area contributed by atoms with Crippen LogP contribution in [0.5, 0.6) is 5.88 Å². The third-order valence-electron chi connectivity index (χ3n) is 6.11. The van der Waals surface area contributed by atoms with E-state index in [4.69, 9.17) is 14.0 Å². The third kappa shape index (κ3) is 3.95. The zero-order chi connectivity index (χ0) is 22.2. The molecule has 1 atom stereocenters. The zero-order valence-electron chi connectivity index (χ0n) is 18.9. The maximum Gasteiger partial charge on any atom is 0.496 e. The van der Waals surface area contributed by atoms with Crippen LogP contribution in [0.25, 0.3) is 11.4 Å². The second kappa shape index (κ2) is 8.05. The molecule has 9 heteroatoms. The molecule has 1 saturated heterocycles. The summed E-state index contributed by atoms with van der Waals surface area (Å²) in [4.78, 5) is 6.09. The highest BCUT2D eigenvalue weighted by molar-refractivity contribution is 6.62. The second-order valence-corrected chi connectivity index (χ2v) is 8.68. The van der Waals surface area contributed by atoms with Gasteiger partial charge in [0.25, 0.3) is 0 Å². The van der Waals surface area contributed by atoms with Gasteiger partial charge >= 0.3 is 7.12 Å². The lowest BCUT2D eigenvalue weighted by molar-refractivity contribution is 0.00578. The fraction of sp³-hybridized carbons (Fsp3) is 0.455. The smallest absolute Gasteiger partial charge is 0.480 e. The molecule has 3 heterocycles. The van der Waals surface area contributed by atoms with Crippen molar-refractivity contribution in [1.82, 2.24) is 25.2 Å². The Kier molecular flexibility index (Phi) is 5.57. The fourth-order valence-electron chi connectivity index (χ4n) is 3.57. The Bertz CT molecular complexity index is 1040. The van der Waals surface area contributed by atoms with Gasteiger partial charge in [-0.15, -0.1) is 10.2 Å². The predicted octanol–water partition coefficient (Wildman–Crippen LogP) is 3.04. The highest BCUT2D eigenvalue weighted by atomic mass is 16.7. The minimum Gasteiger partial charge on any atom is -0.480 e. The summed E-state index contributed by atoms with van der Waals surface area (Å²) in [5.74, 6) is 0.865. The summed E-state index contributed by atoms with van der Waals surface area (Å²) in [5, 5.41) is 13.3. The highest BCUT2D eigenvalue weighted by Gasteiger charge is 2.52. The number of aromatic nitrogens is 5. The first kappa shape index (κ1) is 21.5. The molecule has 8 nitrogen and oxygen atoms in total. The molecule has 162 valence electrons. The van der Waals surface area contributed by atoms with Crippen LogP contribution in [0.15, 0.2) is 42.6 Å². The first-order chi connectivity index (χ1) is 14.8. The molecule has 0 radical (unpaired) electrons. The summed E-state index contributed by atoms with van der Waals surface area (Å²) in [5.41, 5.74) is 1.67. The molecule has 1 aliphatic heterocycles. The van der Waals surface area contributed by atoms with E-state index in [1.807, 2.05) is 52.0 Å². The number of benzene rings is 1. The summed E-state index contributed by atoms with van der Waals surface area (Å²) >= 11 is 0. The Labute approximate surface area is 183 Å². The Balaban J connectivity index is 1.68. The molecule has 31 heavy (non-hydrogen) atoms. The molecule has 3 aromatic rings. The van der Waals surface area contributed by atoms with E-state index in [9.17, 15) is 0 Å². The van der Waals surface area contributed by atoms with Gasteiger partial charge in [-0.2, -0.15) is 4.80 Å². The number of tetrazole rings is 1. The van der Waals surface area contributed by atoms with Crippen LogP contribution in [0.1, 0.15) is 52.6 Å². The lowest BCUT2D eigenvalue weighted by Gasteiger charge is -2.32. The van der Waals surface area contributed by atoms with Crippen LogP contribution < -0.4 is 10.2 Å². The van der Waals surface area contributed by atoms with E-state index in [0.717, 1.165) is 17.4 Å². The molecule has 1 aromatic carbocycles. The number of rotatable bonds is 6. The summed E-state index contributed by atoms with van der Waals surface area (Å²) in [6.07, 6.45) is 2.54. The van der Waals surface area contributed by atoms with Gasteiger partial charge < -0.3 is 14.0 Å². The van der Waals surface area contributed by atoms with E-state index in [-0.39, 0.29) is 6.04 Å². The van der Waals surface area contributed by atoms with Crippen molar-refractivity contribution in [2.75, 3.05) is 7.11 Å². The second-order valence-electron chi connectivity index (χ2n) is 8.68. The van der Waals surface area contributed by atoms with Gasteiger partial charge in [0.1, 0.15) is 0 Å². The van der Waals surface area contributed by atoms with E-state index in [1.54, 1.807) is 18.1 Å². The summed E-state index contributed by atoms with van der Waals surface area (Å²) < 4.78 is 17.8. The van der Waals surface area contributed by atoms with Crippen LogP contribution in [0.4, 0.5) is 0 Å². The van der Waals surface area contributed by atoms with E-state index in [0.29, 0.717) is 17.3 Å². The Morgan fingerprint density at radius 2 is 1.77 bits per heavy atom. The number of hydrogen-bond donors (Lipinski definition) is 0. The van der Waals surface area contributed by atoms with Crippen LogP contribution in [-0.4, -0.2) is 50.6 Å². The van der Waals surface area contributed by atoms with Crippen molar-refractivity contribution in [3.63, 3.8) is 0 Å². The molecule has 0 bridgehead atoms. The Hall–Kier alpha value is -2.78. The summed E-state index contributed by atoms with van der Waals surface area (Å²) in [6.45, 7) is 10.2. The first-order valence-electron chi connectivity index (χ1n) is 10.5. The molecule has 2 aromatic heterocycles. The number of pyridine rings is 1. The minimum atomic E-state index is -0.537. The van der Waals surface area contributed by atoms with Crippen LogP contribution in [0.3, 0.4) is 0 Å². The molecule has 0 amide bonds. The zero-order valence-corrected chi connectivity index (χ0v) is 18.9. The van der Waals surface area contributed by atoms with Crippen molar-refractivity contribution in [3.05, 3.63) is 48.2 Å². The average molecular weight is 421 g/mol. The quantitative estimate of drug-likeness (QED) is 0.566. The first-order valence-corrected chi connectivity index (χ1v) is 10.5. The summed E-state index contributed by atoms with van der Waals surface area (Å²) in [6, 6.07) is 12.0. The van der Waals surface area contributed by atoms with E-state index >= 15 is 0 Å². The number of methoxy groups -OCH3 is 1. The normalized spacial score (nSPS) is 18.2. The van der Waals surface area contributed by atoms with Crippen molar-refractivity contribution >= 4 is 12.6 Å².